The molecule has 3 aromatic rings. The van der Waals surface area contributed by atoms with E-state index in [1.54, 1.807) is 10.3 Å². The van der Waals surface area contributed by atoms with Gasteiger partial charge < -0.3 is 19.9 Å². The molecular formula is C22H22N4O4S. The summed E-state index contributed by atoms with van der Waals surface area (Å²) in [4.78, 5) is 45.8. The molecule has 9 heteroatoms. The minimum Gasteiger partial charge on any atom is -0.453 e. The van der Waals surface area contributed by atoms with Crippen molar-refractivity contribution in [3.8, 4) is 0 Å². The van der Waals surface area contributed by atoms with Crippen LogP contribution in [0.1, 0.15) is 49.7 Å². The lowest BCUT2D eigenvalue weighted by molar-refractivity contribution is 0.0469. The molecule has 160 valence electrons. The number of ether oxygens (including phenoxy) is 1. The first-order valence-corrected chi connectivity index (χ1v) is 10.9. The van der Waals surface area contributed by atoms with Crippen molar-refractivity contribution < 1.29 is 19.1 Å². The molecule has 2 aromatic heterocycles. The second-order valence-corrected chi connectivity index (χ2v) is 8.04. The summed E-state index contributed by atoms with van der Waals surface area (Å²) in [6.07, 6.45) is 3.45. The number of carbonyl (C=O) groups is 3. The standard InChI is InChI=1S/C22H22N4O4S/c27-19(16-10-17(23-12-16)20(28)26-8-4-5-9-26)13-30-21(29)18-14-31-22(25-18)24-11-15-6-2-1-3-7-15/h1-3,6-7,10,12,14,23H,4-5,8-9,11,13H2,(H,24,25). The van der Waals surface area contributed by atoms with Crippen LogP contribution >= 0.6 is 11.3 Å². The van der Waals surface area contributed by atoms with Crippen molar-refractivity contribution in [2.24, 2.45) is 0 Å². The molecular weight excluding hydrogens is 416 g/mol. The van der Waals surface area contributed by atoms with Gasteiger partial charge in [-0.1, -0.05) is 30.3 Å². The average molecular weight is 439 g/mol. The number of anilines is 1. The third kappa shape index (κ3) is 5.18. The smallest absolute Gasteiger partial charge is 0.358 e. The number of nitrogens with one attached hydrogen (secondary N) is 2. The first-order chi connectivity index (χ1) is 15.1. The monoisotopic (exact) mass is 438 g/mol. The van der Waals surface area contributed by atoms with E-state index in [1.165, 1.54) is 23.6 Å². The Morgan fingerprint density at radius 1 is 1.16 bits per heavy atom. The van der Waals surface area contributed by atoms with E-state index in [4.69, 9.17) is 4.74 Å². The minimum absolute atomic E-state index is 0.119. The molecule has 1 aliphatic heterocycles. The maximum Gasteiger partial charge on any atom is 0.358 e. The Morgan fingerprint density at radius 3 is 2.71 bits per heavy atom. The van der Waals surface area contributed by atoms with Crippen molar-refractivity contribution in [2.45, 2.75) is 19.4 Å². The first-order valence-electron chi connectivity index (χ1n) is 10.0. The molecule has 1 aromatic carbocycles. The van der Waals surface area contributed by atoms with Crippen LogP contribution in [0.2, 0.25) is 0 Å². The van der Waals surface area contributed by atoms with E-state index < -0.39 is 12.6 Å². The predicted octanol–water partition coefficient (Wildman–Crippen LogP) is 3.36. The number of aromatic nitrogens is 2. The van der Waals surface area contributed by atoms with Crippen molar-refractivity contribution in [2.75, 3.05) is 25.0 Å². The highest BCUT2D eigenvalue weighted by atomic mass is 32.1. The van der Waals surface area contributed by atoms with Crippen LogP contribution in [0.5, 0.6) is 0 Å². The molecule has 0 unspecified atom stereocenters. The van der Waals surface area contributed by atoms with E-state index >= 15 is 0 Å². The molecule has 0 atom stereocenters. The fourth-order valence-corrected chi connectivity index (χ4v) is 3.96. The molecule has 1 amide bonds. The van der Waals surface area contributed by atoms with E-state index in [1.807, 2.05) is 30.3 Å². The summed E-state index contributed by atoms with van der Waals surface area (Å²) in [6, 6.07) is 11.3. The zero-order valence-corrected chi connectivity index (χ0v) is 17.6. The maximum atomic E-state index is 12.4. The van der Waals surface area contributed by atoms with Gasteiger partial charge in [0.05, 0.1) is 0 Å². The predicted molar refractivity (Wildman–Crippen MR) is 116 cm³/mol. The number of Topliss-reactive ketones (excluding diaryl/α,β-unsaturated/α-hetero) is 1. The van der Waals surface area contributed by atoms with E-state index in [-0.39, 0.29) is 17.4 Å². The van der Waals surface area contributed by atoms with Crippen LogP contribution in [0.15, 0.2) is 48.0 Å². The Balaban J connectivity index is 1.27. The molecule has 1 fully saturated rings. The van der Waals surface area contributed by atoms with Gasteiger partial charge in [-0.05, 0) is 24.5 Å². The van der Waals surface area contributed by atoms with E-state index in [9.17, 15) is 14.4 Å². The summed E-state index contributed by atoms with van der Waals surface area (Å²) >= 11 is 1.29. The first kappa shape index (κ1) is 20.8. The SMILES string of the molecule is O=C(COC(=O)c1csc(NCc2ccccc2)n1)c1c[nH]c(C(=O)N2CCCC2)c1. The zero-order chi connectivity index (χ0) is 21.6. The quantitative estimate of drug-likeness (QED) is 0.413. The van der Waals surface area contributed by atoms with Crippen molar-refractivity contribution in [1.82, 2.24) is 14.9 Å². The van der Waals surface area contributed by atoms with E-state index in [0.29, 0.717) is 22.9 Å². The summed E-state index contributed by atoms with van der Waals surface area (Å²) in [5.41, 5.74) is 1.91. The highest BCUT2D eigenvalue weighted by Crippen LogP contribution is 2.18. The number of rotatable bonds is 8. The lowest BCUT2D eigenvalue weighted by Gasteiger charge is -2.13. The van der Waals surface area contributed by atoms with Gasteiger partial charge >= 0.3 is 5.97 Å². The molecule has 3 heterocycles. The van der Waals surface area contributed by atoms with Crippen molar-refractivity contribution >= 4 is 34.1 Å². The van der Waals surface area contributed by atoms with Gasteiger partial charge in [0, 0.05) is 36.8 Å². The van der Waals surface area contributed by atoms with Gasteiger partial charge in [0.2, 0.25) is 5.78 Å². The van der Waals surface area contributed by atoms with Crippen LogP contribution in [-0.2, 0) is 11.3 Å². The number of carbonyl (C=O) groups excluding carboxylic acids is 3. The molecule has 1 aliphatic rings. The number of H-pyrrole nitrogens is 1. The largest absolute Gasteiger partial charge is 0.453 e. The van der Waals surface area contributed by atoms with Gasteiger partial charge in [-0.2, -0.15) is 0 Å². The Labute approximate surface area is 183 Å². The van der Waals surface area contributed by atoms with Crippen LogP contribution in [0.25, 0.3) is 0 Å². The highest BCUT2D eigenvalue weighted by Gasteiger charge is 2.22. The van der Waals surface area contributed by atoms with Gasteiger partial charge in [0.15, 0.2) is 17.4 Å². The van der Waals surface area contributed by atoms with Gasteiger partial charge in [-0.15, -0.1) is 11.3 Å². The summed E-state index contributed by atoms with van der Waals surface area (Å²) < 4.78 is 5.11. The molecule has 0 saturated carbocycles. The number of esters is 1. The van der Waals surface area contributed by atoms with E-state index in [2.05, 4.69) is 15.3 Å². The number of ketones is 1. The second-order valence-electron chi connectivity index (χ2n) is 7.18. The number of nitrogens with zero attached hydrogens (tertiary/aromatic N) is 2. The van der Waals surface area contributed by atoms with Crippen molar-refractivity contribution in [1.29, 1.82) is 0 Å². The number of thiazole rings is 1. The third-order valence-electron chi connectivity index (χ3n) is 4.96. The van der Waals surface area contributed by atoms with Gasteiger partial charge in [-0.25, -0.2) is 9.78 Å². The van der Waals surface area contributed by atoms with Crippen LogP contribution < -0.4 is 5.32 Å². The second kappa shape index (κ2) is 9.57. The van der Waals surface area contributed by atoms with Gasteiger partial charge in [-0.3, -0.25) is 9.59 Å². The van der Waals surface area contributed by atoms with Crippen LogP contribution in [0, 0.1) is 0 Å². The number of benzene rings is 1. The number of hydrogen-bond acceptors (Lipinski definition) is 7. The fourth-order valence-electron chi connectivity index (χ4n) is 3.28. The summed E-state index contributed by atoms with van der Waals surface area (Å²) in [5, 5.41) is 5.34. The van der Waals surface area contributed by atoms with Gasteiger partial charge in [0.25, 0.3) is 5.91 Å². The Hall–Kier alpha value is -3.46. The van der Waals surface area contributed by atoms with Crippen molar-refractivity contribution in [3.63, 3.8) is 0 Å². The zero-order valence-electron chi connectivity index (χ0n) is 16.8. The summed E-state index contributed by atoms with van der Waals surface area (Å²) in [6.45, 7) is 1.63. The number of hydrogen-bond donors (Lipinski definition) is 2. The molecule has 0 radical (unpaired) electrons. The average Bonchev–Trinajstić information content (AvgIpc) is 3.57. The van der Waals surface area contributed by atoms with Crippen LogP contribution in [0.3, 0.4) is 0 Å². The molecule has 4 rings (SSSR count). The lowest BCUT2D eigenvalue weighted by Crippen LogP contribution is -2.27. The highest BCUT2D eigenvalue weighted by molar-refractivity contribution is 7.13. The number of aromatic amines is 1. The fraction of sp³-hybridized carbons (Fsp3) is 0.273. The lowest BCUT2D eigenvalue weighted by atomic mass is 10.2. The Kier molecular flexibility index (Phi) is 6.42. The molecule has 0 spiro atoms. The molecule has 0 aliphatic carbocycles. The molecule has 31 heavy (non-hydrogen) atoms. The molecule has 0 bridgehead atoms. The Bertz CT molecular complexity index is 1070. The van der Waals surface area contributed by atoms with Crippen LogP contribution in [-0.4, -0.2) is 52.2 Å². The van der Waals surface area contributed by atoms with Crippen molar-refractivity contribution in [3.05, 3.63) is 70.5 Å². The van der Waals surface area contributed by atoms with Gasteiger partial charge in [0.1, 0.15) is 5.69 Å². The number of likely N-dealkylation sites (tertiary alicyclic amines) is 1. The van der Waals surface area contributed by atoms with E-state index in [0.717, 1.165) is 31.5 Å². The van der Waals surface area contributed by atoms with Crippen LogP contribution in [0.4, 0.5) is 5.13 Å². The number of amides is 1. The topological polar surface area (TPSA) is 104 Å². The third-order valence-corrected chi connectivity index (χ3v) is 5.76. The molecule has 8 nitrogen and oxygen atoms in total. The summed E-state index contributed by atoms with van der Waals surface area (Å²) in [7, 11) is 0. The molecule has 1 saturated heterocycles. The minimum atomic E-state index is -0.665. The Morgan fingerprint density at radius 2 is 1.94 bits per heavy atom. The maximum absolute atomic E-state index is 12.4. The molecule has 2 N–H and O–H groups in total. The summed E-state index contributed by atoms with van der Waals surface area (Å²) in [5.74, 6) is -1.17. The normalized spacial score (nSPS) is 13.2.